The molecule has 0 spiro atoms. The van der Waals surface area contributed by atoms with Gasteiger partial charge in [0.15, 0.2) is 0 Å². The number of carbonyl (C=O) groups is 1. The Bertz CT molecular complexity index is 1200. The lowest BCUT2D eigenvalue weighted by Gasteiger charge is -2.14. The molecule has 1 amide bonds. The van der Waals surface area contributed by atoms with Crippen LogP contribution in [0.3, 0.4) is 0 Å². The van der Waals surface area contributed by atoms with Crippen LogP contribution in [0.4, 0.5) is 13.2 Å². The summed E-state index contributed by atoms with van der Waals surface area (Å²) in [6.07, 6.45) is -1.20. The summed E-state index contributed by atoms with van der Waals surface area (Å²) in [4.78, 5) is 19.5. The van der Waals surface area contributed by atoms with E-state index in [0.717, 1.165) is 28.6 Å². The van der Waals surface area contributed by atoms with Gasteiger partial charge in [0, 0.05) is 10.9 Å². The molecule has 3 aromatic carbocycles. The number of fused-ring (bicyclic) bond motifs is 1. The van der Waals surface area contributed by atoms with Gasteiger partial charge in [0.1, 0.15) is 11.5 Å². The molecular weight excluding hydrogens is 407 g/mol. The highest BCUT2D eigenvalue weighted by molar-refractivity contribution is 6.00. The van der Waals surface area contributed by atoms with Crippen molar-refractivity contribution in [1.82, 2.24) is 15.3 Å². The first-order valence-electron chi connectivity index (χ1n) is 9.48. The highest BCUT2D eigenvalue weighted by Crippen LogP contribution is 2.33. The van der Waals surface area contributed by atoms with Gasteiger partial charge in [-0.2, -0.15) is 13.2 Å². The molecular formula is C23H18F3N3O2. The van der Waals surface area contributed by atoms with Gasteiger partial charge >= 0.3 is 6.18 Å². The largest absolute Gasteiger partial charge is 0.457 e. The molecule has 1 heterocycles. The minimum absolute atomic E-state index is 0.236. The summed E-state index contributed by atoms with van der Waals surface area (Å²) in [5.41, 5.74) is 0.532. The van der Waals surface area contributed by atoms with Gasteiger partial charge in [0.25, 0.3) is 5.91 Å². The number of H-pyrrole nitrogens is 1. The lowest BCUT2D eigenvalue weighted by Crippen LogP contribution is -2.26. The zero-order valence-electron chi connectivity index (χ0n) is 16.4. The Labute approximate surface area is 175 Å². The van der Waals surface area contributed by atoms with Crippen LogP contribution in [-0.4, -0.2) is 15.9 Å². The number of ether oxygens (including phenoxy) is 1. The predicted molar refractivity (Wildman–Crippen MR) is 110 cm³/mol. The third-order valence-electron chi connectivity index (χ3n) is 4.85. The second kappa shape index (κ2) is 8.14. The first-order valence-corrected chi connectivity index (χ1v) is 9.48. The molecule has 0 aliphatic rings. The molecule has 0 radical (unpaired) electrons. The molecule has 0 aliphatic carbocycles. The van der Waals surface area contributed by atoms with E-state index in [2.05, 4.69) is 15.3 Å². The predicted octanol–water partition coefficient (Wildman–Crippen LogP) is 5.87. The minimum Gasteiger partial charge on any atom is -0.457 e. The summed E-state index contributed by atoms with van der Waals surface area (Å²) >= 11 is 0. The number of carbonyl (C=O) groups excluding carboxylic acids is 1. The standard InChI is InChI=1S/C23H18F3N3O2/c1-14(20-12-27-13-28-20)29-22(30)16-5-10-19-15(11-16)3-2-4-21(19)31-18-8-6-17(7-9-18)23(24,25)26/h2-14H,1H3,(H,27,28)(H,29,30)/t14-/m0/s1. The molecule has 0 saturated heterocycles. The number of hydrogen-bond donors (Lipinski definition) is 2. The molecule has 0 aliphatic heterocycles. The summed E-state index contributed by atoms with van der Waals surface area (Å²) in [6.45, 7) is 1.85. The summed E-state index contributed by atoms with van der Waals surface area (Å²) in [5, 5.41) is 4.41. The van der Waals surface area contributed by atoms with Crippen molar-refractivity contribution >= 4 is 16.7 Å². The second-order valence-corrected chi connectivity index (χ2v) is 7.02. The number of rotatable bonds is 5. The lowest BCUT2D eigenvalue weighted by atomic mass is 10.1. The SMILES string of the molecule is C[C@H](NC(=O)c1ccc2c(Oc3ccc(C(F)(F)F)cc3)cccc2c1)c1cnc[nH]1. The molecule has 31 heavy (non-hydrogen) atoms. The van der Waals surface area contributed by atoms with Crippen molar-refractivity contribution in [2.75, 3.05) is 0 Å². The number of aromatic nitrogens is 2. The molecule has 1 atom stereocenters. The van der Waals surface area contributed by atoms with Gasteiger partial charge in [-0.1, -0.05) is 12.1 Å². The van der Waals surface area contributed by atoms with E-state index < -0.39 is 11.7 Å². The minimum atomic E-state index is -4.40. The van der Waals surface area contributed by atoms with Crippen molar-refractivity contribution in [2.24, 2.45) is 0 Å². The van der Waals surface area contributed by atoms with Gasteiger partial charge in [0.2, 0.25) is 0 Å². The lowest BCUT2D eigenvalue weighted by molar-refractivity contribution is -0.137. The fourth-order valence-corrected chi connectivity index (χ4v) is 3.18. The van der Waals surface area contributed by atoms with Gasteiger partial charge in [0.05, 0.1) is 29.8 Å². The maximum Gasteiger partial charge on any atom is 0.416 e. The summed E-state index contributed by atoms with van der Waals surface area (Å²) in [6, 6.07) is 14.8. The van der Waals surface area contributed by atoms with E-state index in [1.165, 1.54) is 12.1 Å². The van der Waals surface area contributed by atoms with Crippen molar-refractivity contribution in [3.8, 4) is 11.5 Å². The number of alkyl halides is 3. The van der Waals surface area contributed by atoms with E-state index in [1.54, 1.807) is 42.9 Å². The van der Waals surface area contributed by atoms with Gasteiger partial charge in [-0.3, -0.25) is 4.79 Å². The van der Waals surface area contributed by atoms with E-state index in [-0.39, 0.29) is 17.7 Å². The van der Waals surface area contributed by atoms with Crippen molar-refractivity contribution < 1.29 is 22.7 Å². The number of nitrogens with one attached hydrogen (secondary N) is 2. The zero-order chi connectivity index (χ0) is 22.0. The van der Waals surface area contributed by atoms with E-state index in [9.17, 15) is 18.0 Å². The van der Waals surface area contributed by atoms with Crippen molar-refractivity contribution in [1.29, 1.82) is 0 Å². The number of aromatic amines is 1. The quantitative estimate of drug-likeness (QED) is 0.421. The smallest absolute Gasteiger partial charge is 0.416 e. The molecule has 158 valence electrons. The average molecular weight is 425 g/mol. The highest BCUT2D eigenvalue weighted by Gasteiger charge is 2.30. The monoisotopic (exact) mass is 425 g/mol. The molecule has 5 nitrogen and oxygen atoms in total. The molecule has 4 aromatic rings. The van der Waals surface area contributed by atoms with Crippen molar-refractivity contribution in [3.63, 3.8) is 0 Å². The Kier molecular flexibility index (Phi) is 5.37. The summed E-state index contributed by atoms with van der Waals surface area (Å²) in [7, 11) is 0. The molecule has 0 bridgehead atoms. The number of nitrogens with zero attached hydrogens (tertiary/aromatic N) is 1. The first-order chi connectivity index (χ1) is 14.8. The molecule has 4 rings (SSSR count). The fourth-order valence-electron chi connectivity index (χ4n) is 3.18. The van der Waals surface area contributed by atoms with Gasteiger partial charge < -0.3 is 15.0 Å². The normalized spacial score (nSPS) is 12.5. The molecule has 0 unspecified atom stereocenters. The average Bonchev–Trinajstić information content (AvgIpc) is 3.28. The van der Waals surface area contributed by atoms with Crippen LogP contribution in [0.2, 0.25) is 0 Å². The number of imidazole rings is 1. The van der Waals surface area contributed by atoms with E-state index in [1.807, 2.05) is 13.0 Å². The Morgan fingerprint density at radius 3 is 2.55 bits per heavy atom. The van der Waals surface area contributed by atoms with Crippen LogP contribution in [0.1, 0.15) is 34.6 Å². The number of hydrogen-bond acceptors (Lipinski definition) is 3. The van der Waals surface area contributed by atoms with Crippen LogP contribution >= 0.6 is 0 Å². The van der Waals surface area contributed by atoms with Crippen LogP contribution in [0.5, 0.6) is 11.5 Å². The Morgan fingerprint density at radius 1 is 1.10 bits per heavy atom. The maximum absolute atomic E-state index is 12.7. The third-order valence-corrected chi connectivity index (χ3v) is 4.85. The number of amides is 1. The number of benzene rings is 3. The van der Waals surface area contributed by atoms with Gasteiger partial charge in [-0.05, 0) is 60.8 Å². The van der Waals surface area contributed by atoms with E-state index >= 15 is 0 Å². The fraction of sp³-hybridized carbons (Fsp3) is 0.130. The van der Waals surface area contributed by atoms with Crippen LogP contribution < -0.4 is 10.1 Å². The van der Waals surface area contributed by atoms with Crippen molar-refractivity contribution in [2.45, 2.75) is 19.1 Å². The highest BCUT2D eigenvalue weighted by atomic mass is 19.4. The molecule has 0 fully saturated rings. The Morgan fingerprint density at radius 2 is 1.87 bits per heavy atom. The van der Waals surface area contributed by atoms with E-state index in [0.29, 0.717) is 11.3 Å². The van der Waals surface area contributed by atoms with Gasteiger partial charge in [-0.15, -0.1) is 0 Å². The summed E-state index contributed by atoms with van der Waals surface area (Å²) in [5.74, 6) is 0.531. The number of halogens is 3. The molecule has 1 aromatic heterocycles. The van der Waals surface area contributed by atoms with Crippen molar-refractivity contribution in [3.05, 3.63) is 90.0 Å². The molecule has 8 heteroatoms. The second-order valence-electron chi connectivity index (χ2n) is 7.02. The van der Waals surface area contributed by atoms with Crippen LogP contribution in [-0.2, 0) is 6.18 Å². The Hall–Kier alpha value is -3.81. The molecule has 0 saturated carbocycles. The van der Waals surface area contributed by atoms with Crippen LogP contribution in [0, 0.1) is 0 Å². The first kappa shape index (κ1) is 20.5. The molecule has 2 N–H and O–H groups in total. The third kappa shape index (κ3) is 4.53. The van der Waals surface area contributed by atoms with Crippen LogP contribution in [0.15, 0.2) is 73.2 Å². The van der Waals surface area contributed by atoms with Gasteiger partial charge in [-0.25, -0.2) is 4.98 Å². The maximum atomic E-state index is 12.7. The Balaban J connectivity index is 1.55. The topological polar surface area (TPSA) is 67.0 Å². The van der Waals surface area contributed by atoms with Crippen LogP contribution in [0.25, 0.3) is 10.8 Å². The zero-order valence-corrected chi connectivity index (χ0v) is 16.4. The summed E-state index contributed by atoms with van der Waals surface area (Å²) < 4.78 is 44.0. The van der Waals surface area contributed by atoms with E-state index in [4.69, 9.17) is 4.74 Å².